The Hall–Kier alpha value is -1.00. The van der Waals surface area contributed by atoms with Crippen LogP contribution in [0.5, 0.6) is 0 Å². The fraction of sp³-hybridized carbons (Fsp3) is 0.562. The second-order valence-electron chi connectivity index (χ2n) is 5.13. The van der Waals surface area contributed by atoms with E-state index in [2.05, 4.69) is 12.2 Å². The van der Waals surface area contributed by atoms with Crippen molar-refractivity contribution in [1.29, 1.82) is 0 Å². The minimum atomic E-state index is -0.0492. The van der Waals surface area contributed by atoms with Crippen molar-refractivity contribution in [1.82, 2.24) is 5.32 Å². The molecule has 1 rings (SSSR count). The van der Waals surface area contributed by atoms with Gasteiger partial charge in [0.1, 0.15) is 0 Å². The first-order valence-electron chi connectivity index (χ1n) is 7.17. The van der Waals surface area contributed by atoms with Crippen molar-refractivity contribution >= 4 is 17.7 Å². The summed E-state index contributed by atoms with van der Waals surface area (Å²) in [5, 5.41) is 12.0. The molecule has 0 spiro atoms. The zero-order valence-corrected chi connectivity index (χ0v) is 13.4. The maximum Gasteiger partial charge on any atom is 0.233 e. The summed E-state index contributed by atoms with van der Waals surface area (Å²) in [4.78, 5) is 12.0. The van der Waals surface area contributed by atoms with Crippen LogP contribution in [0.25, 0.3) is 0 Å². The molecular weight excluding hydrogens is 270 g/mol. The van der Waals surface area contributed by atoms with Gasteiger partial charge in [-0.3, -0.25) is 4.79 Å². The van der Waals surface area contributed by atoms with Crippen LogP contribution < -0.4 is 5.32 Å². The van der Waals surface area contributed by atoms with Gasteiger partial charge in [0.05, 0.1) is 11.9 Å². The smallest absolute Gasteiger partial charge is 0.233 e. The molecule has 0 saturated carbocycles. The lowest BCUT2D eigenvalue weighted by Gasteiger charge is -2.16. The summed E-state index contributed by atoms with van der Waals surface area (Å²) in [7, 11) is 0. The number of benzene rings is 1. The van der Waals surface area contributed by atoms with Crippen molar-refractivity contribution in [2.24, 2.45) is 0 Å². The summed E-state index contributed by atoms with van der Waals surface area (Å²) < 4.78 is 0. The molecule has 0 saturated heterocycles. The number of hydrogen-bond acceptors (Lipinski definition) is 3. The van der Waals surface area contributed by atoms with Crippen molar-refractivity contribution in [3.63, 3.8) is 0 Å². The van der Waals surface area contributed by atoms with E-state index in [4.69, 9.17) is 5.11 Å². The number of carbonyl (C=O) groups is 1. The topological polar surface area (TPSA) is 49.3 Å². The van der Waals surface area contributed by atoms with Gasteiger partial charge in [-0.1, -0.05) is 37.6 Å². The lowest BCUT2D eigenvalue weighted by molar-refractivity contribution is -0.120. The van der Waals surface area contributed by atoms with Crippen LogP contribution in [-0.4, -0.2) is 22.3 Å². The van der Waals surface area contributed by atoms with Crippen LogP contribution >= 0.6 is 11.8 Å². The van der Waals surface area contributed by atoms with Gasteiger partial charge in [-0.15, -0.1) is 11.8 Å². The van der Waals surface area contributed by atoms with Crippen molar-refractivity contribution in [2.45, 2.75) is 57.3 Å². The molecule has 0 heterocycles. The molecule has 0 aliphatic carbocycles. The molecule has 0 radical (unpaired) electrons. The SMILES string of the molecule is CCCC(C)NC(=O)C(C)SCc1ccc(CO)cc1. The maximum absolute atomic E-state index is 12.0. The lowest BCUT2D eigenvalue weighted by atomic mass is 10.2. The number of amides is 1. The summed E-state index contributed by atoms with van der Waals surface area (Å²) in [6.07, 6.45) is 2.10. The van der Waals surface area contributed by atoms with E-state index in [1.54, 1.807) is 11.8 Å². The van der Waals surface area contributed by atoms with E-state index in [1.807, 2.05) is 38.1 Å². The normalized spacial score (nSPS) is 13.8. The molecule has 2 N–H and O–H groups in total. The van der Waals surface area contributed by atoms with Crippen molar-refractivity contribution < 1.29 is 9.90 Å². The van der Waals surface area contributed by atoms with Crippen molar-refractivity contribution in [3.8, 4) is 0 Å². The lowest BCUT2D eigenvalue weighted by Crippen LogP contribution is -2.37. The minimum Gasteiger partial charge on any atom is -0.392 e. The molecule has 2 unspecified atom stereocenters. The van der Waals surface area contributed by atoms with E-state index >= 15 is 0 Å². The highest BCUT2D eigenvalue weighted by Crippen LogP contribution is 2.18. The number of rotatable bonds is 8. The zero-order valence-electron chi connectivity index (χ0n) is 12.6. The standard InChI is InChI=1S/C16H25NO2S/c1-4-5-12(2)17-16(19)13(3)20-11-15-8-6-14(10-18)7-9-15/h6-9,12-13,18H,4-5,10-11H2,1-3H3,(H,17,19). The Morgan fingerprint density at radius 1 is 1.25 bits per heavy atom. The highest BCUT2D eigenvalue weighted by Gasteiger charge is 2.15. The summed E-state index contributed by atoms with van der Waals surface area (Å²) in [6, 6.07) is 8.10. The van der Waals surface area contributed by atoms with Gasteiger partial charge in [0, 0.05) is 11.8 Å². The van der Waals surface area contributed by atoms with Crippen LogP contribution in [0.2, 0.25) is 0 Å². The number of hydrogen-bond donors (Lipinski definition) is 2. The molecule has 1 amide bonds. The number of nitrogens with one attached hydrogen (secondary N) is 1. The summed E-state index contributed by atoms with van der Waals surface area (Å²) in [6.45, 7) is 6.19. The number of thioether (sulfide) groups is 1. The van der Waals surface area contributed by atoms with Crippen molar-refractivity contribution in [3.05, 3.63) is 35.4 Å². The first-order chi connectivity index (χ1) is 9.56. The highest BCUT2D eigenvalue weighted by molar-refractivity contribution is 7.99. The molecule has 0 aromatic heterocycles. The van der Waals surface area contributed by atoms with Crippen LogP contribution in [0.3, 0.4) is 0 Å². The summed E-state index contributed by atoms with van der Waals surface area (Å²) >= 11 is 1.64. The third-order valence-corrected chi connectivity index (χ3v) is 4.40. The predicted octanol–water partition coefficient (Wildman–Crippen LogP) is 3.11. The van der Waals surface area contributed by atoms with E-state index in [9.17, 15) is 4.79 Å². The molecule has 1 aromatic carbocycles. The average molecular weight is 295 g/mol. The first-order valence-corrected chi connectivity index (χ1v) is 8.22. The Labute approximate surface area is 126 Å². The first kappa shape index (κ1) is 17.1. The van der Waals surface area contributed by atoms with E-state index < -0.39 is 0 Å². The summed E-state index contributed by atoms with van der Waals surface area (Å²) in [5.74, 6) is 0.922. The quantitative estimate of drug-likeness (QED) is 0.775. The van der Waals surface area contributed by atoms with Gasteiger partial charge in [0.2, 0.25) is 5.91 Å². The molecule has 0 aliphatic heterocycles. The monoisotopic (exact) mass is 295 g/mol. The fourth-order valence-corrected chi connectivity index (χ4v) is 2.76. The Kier molecular flexibility index (Phi) is 7.70. The molecule has 2 atom stereocenters. The van der Waals surface area contributed by atoms with Gasteiger partial charge < -0.3 is 10.4 Å². The van der Waals surface area contributed by atoms with E-state index in [0.29, 0.717) is 0 Å². The van der Waals surface area contributed by atoms with Crippen LogP contribution in [0, 0.1) is 0 Å². The maximum atomic E-state index is 12.0. The number of aliphatic hydroxyl groups is 1. The Balaban J connectivity index is 2.37. The van der Waals surface area contributed by atoms with Gasteiger partial charge in [0.15, 0.2) is 0 Å². The Morgan fingerprint density at radius 3 is 2.40 bits per heavy atom. The van der Waals surface area contributed by atoms with Gasteiger partial charge >= 0.3 is 0 Å². The molecule has 20 heavy (non-hydrogen) atoms. The Morgan fingerprint density at radius 2 is 1.85 bits per heavy atom. The third kappa shape index (κ3) is 5.97. The molecule has 0 aliphatic rings. The molecule has 4 heteroatoms. The largest absolute Gasteiger partial charge is 0.392 e. The second kappa shape index (κ2) is 9.03. The molecule has 1 aromatic rings. The fourth-order valence-electron chi connectivity index (χ4n) is 1.90. The van der Waals surface area contributed by atoms with E-state index in [-0.39, 0.29) is 23.8 Å². The molecular formula is C16H25NO2S. The Bertz CT molecular complexity index is 405. The molecule has 0 fully saturated rings. The van der Waals surface area contributed by atoms with Crippen LogP contribution in [0.15, 0.2) is 24.3 Å². The minimum absolute atomic E-state index is 0.0492. The van der Waals surface area contributed by atoms with E-state index in [1.165, 1.54) is 5.56 Å². The number of carbonyl (C=O) groups excluding carboxylic acids is 1. The molecule has 0 bridgehead atoms. The average Bonchev–Trinajstić information content (AvgIpc) is 2.45. The number of aliphatic hydroxyl groups excluding tert-OH is 1. The zero-order chi connectivity index (χ0) is 15.0. The highest BCUT2D eigenvalue weighted by atomic mass is 32.2. The molecule has 112 valence electrons. The van der Waals surface area contributed by atoms with Crippen LogP contribution in [-0.2, 0) is 17.2 Å². The predicted molar refractivity (Wildman–Crippen MR) is 85.6 cm³/mol. The van der Waals surface area contributed by atoms with E-state index in [0.717, 1.165) is 24.2 Å². The van der Waals surface area contributed by atoms with Crippen LogP contribution in [0.1, 0.15) is 44.7 Å². The van der Waals surface area contributed by atoms with Crippen molar-refractivity contribution in [2.75, 3.05) is 0 Å². The van der Waals surface area contributed by atoms with Gasteiger partial charge in [-0.25, -0.2) is 0 Å². The third-order valence-electron chi connectivity index (χ3n) is 3.19. The van der Waals surface area contributed by atoms with Gasteiger partial charge in [-0.05, 0) is 31.4 Å². The van der Waals surface area contributed by atoms with Gasteiger partial charge in [0.25, 0.3) is 0 Å². The second-order valence-corrected chi connectivity index (χ2v) is 6.46. The summed E-state index contributed by atoms with van der Waals surface area (Å²) in [5.41, 5.74) is 2.09. The van der Waals surface area contributed by atoms with Crippen LogP contribution in [0.4, 0.5) is 0 Å². The van der Waals surface area contributed by atoms with Gasteiger partial charge in [-0.2, -0.15) is 0 Å². The molecule has 3 nitrogen and oxygen atoms in total.